The Kier molecular flexibility index (Phi) is 2.83. The molecule has 1 heterocycles. The van der Waals surface area contributed by atoms with Gasteiger partial charge < -0.3 is 10.2 Å². The summed E-state index contributed by atoms with van der Waals surface area (Å²) in [7, 11) is 0. The van der Waals surface area contributed by atoms with Crippen LogP contribution >= 0.6 is 23.5 Å². The molecule has 0 amide bonds. The van der Waals surface area contributed by atoms with E-state index >= 15 is 0 Å². The lowest BCUT2D eigenvalue weighted by Gasteiger charge is -1.98. The van der Waals surface area contributed by atoms with Crippen molar-refractivity contribution in [2.24, 2.45) is 0 Å². The third kappa shape index (κ3) is 1.83. The van der Waals surface area contributed by atoms with Crippen LogP contribution in [-0.4, -0.2) is 22.2 Å². The minimum absolute atomic E-state index is 0.301. The Hall–Kier alpha value is -0.880. The van der Waals surface area contributed by atoms with Crippen molar-refractivity contribution in [3.63, 3.8) is 0 Å². The molecule has 1 rings (SSSR count). The molecule has 1 aliphatic heterocycles. The molecule has 6 heteroatoms. The molecule has 64 valence electrons. The SMILES string of the molecule is O=C(O)C(C(=O)O)=C1SC=CS1. The predicted octanol–water partition coefficient (Wildman–Crippen LogP) is 1.32. The zero-order valence-corrected chi connectivity index (χ0v) is 7.32. The summed E-state index contributed by atoms with van der Waals surface area (Å²) >= 11 is 2.22. The van der Waals surface area contributed by atoms with Gasteiger partial charge in [0.15, 0.2) is 5.57 Å². The minimum atomic E-state index is -1.40. The Labute approximate surface area is 76.3 Å². The van der Waals surface area contributed by atoms with Crippen molar-refractivity contribution in [3.8, 4) is 0 Å². The van der Waals surface area contributed by atoms with Gasteiger partial charge in [0.1, 0.15) is 0 Å². The Bertz CT molecular complexity index is 266. The van der Waals surface area contributed by atoms with E-state index in [4.69, 9.17) is 10.2 Å². The van der Waals surface area contributed by atoms with Crippen LogP contribution in [0.3, 0.4) is 0 Å². The van der Waals surface area contributed by atoms with Gasteiger partial charge in [-0.2, -0.15) is 0 Å². The average molecular weight is 204 g/mol. The van der Waals surface area contributed by atoms with Crippen LogP contribution in [0.1, 0.15) is 0 Å². The Balaban J connectivity index is 2.99. The van der Waals surface area contributed by atoms with Gasteiger partial charge in [0.05, 0.1) is 4.24 Å². The second-order valence-corrected chi connectivity index (χ2v) is 3.87. The van der Waals surface area contributed by atoms with Gasteiger partial charge in [-0.1, -0.05) is 23.5 Å². The molecule has 0 saturated heterocycles. The number of carbonyl (C=O) groups is 2. The van der Waals surface area contributed by atoms with E-state index in [0.717, 1.165) is 23.5 Å². The van der Waals surface area contributed by atoms with Crippen LogP contribution in [0.15, 0.2) is 20.6 Å². The second kappa shape index (κ2) is 3.68. The maximum absolute atomic E-state index is 10.4. The summed E-state index contributed by atoms with van der Waals surface area (Å²) in [6.07, 6.45) is 0. The van der Waals surface area contributed by atoms with Gasteiger partial charge in [-0.3, -0.25) is 0 Å². The Morgan fingerprint density at radius 3 is 1.83 bits per heavy atom. The third-order valence-electron chi connectivity index (χ3n) is 1.04. The van der Waals surface area contributed by atoms with E-state index in [1.807, 2.05) is 0 Å². The molecule has 12 heavy (non-hydrogen) atoms. The molecule has 0 atom stereocenters. The molecule has 0 spiro atoms. The topological polar surface area (TPSA) is 74.6 Å². The van der Waals surface area contributed by atoms with Gasteiger partial charge >= 0.3 is 11.9 Å². The molecule has 0 radical (unpaired) electrons. The lowest BCUT2D eigenvalue weighted by Crippen LogP contribution is -2.12. The maximum Gasteiger partial charge on any atom is 0.344 e. The lowest BCUT2D eigenvalue weighted by atomic mass is 10.3. The Morgan fingerprint density at radius 1 is 1.08 bits per heavy atom. The number of thioether (sulfide) groups is 2. The normalized spacial score (nSPS) is 14.8. The van der Waals surface area contributed by atoms with Crippen LogP contribution in [0.5, 0.6) is 0 Å². The van der Waals surface area contributed by atoms with Crippen molar-refractivity contribution in [1.29, 1.82) is 0 Å². The van der Waals surface area contributed by atoms with Gasteiger partial charge in [0.25, 0.3) is 0 Å². The first-order chi connectivity index (χ1) is 5.63. The van der Waals surface area contributed by atoms with Gasteiger partial charge in [0, 0.05) is 0 Å². The number of aliphatic carboxylic acids is 2. The molecule has 1 aliphatic rings. The summed E-state index contributed by atoms with van der Waals surface area (Å²) < 4.78 is 0.301. The van der Waals surface area contributed by atoms with Gasteiger partial charge in [0.2, 0.25) is 0 Å². The average Bonchev–Trinajstić information content (AvgIpc) is 2.37. The van der Waals surface area contributed by atoms with E-state index in [0.29, 0.717) is 4.24 Å². The summed E-state index contributed by atoms with van der Waals surface area (Å²) in [5.74, 6) is -2.80. The fourth-order valence-electron chi connectivity index (χ4n) is 0.591. The maximum atomic E-state index is 10.4. The van der Waals surface area contributed by atoms with Crippen LogP contribution in [0.4, 0.5) is 0 Å². The summed E-state index contributed by atoms with van der Waals surface area (Å²) in [6, 6.07) is 0. The molecular weight excluding hydrogens is 200 g/mol. The molecule has 0 aromatic rings. The number of hydrogen-bond acceptors (Lipinski definition) is 4. The minimum Gasteiger partial charge on any atom is -0.477 e. The lowest BCUT2D eigenvalue weighted by molar-refractivity contribution is -0.140. The van der Waals surface area contributed by atoms with Crippen molar-refractivity contribution in [2.45, 2.75) is 0 Å². The molecule has 4 nitrogen and oxygen atoms in total. The Morgan fingerprint density at radius 2 is 1.50 bits per heavy atom. The largest absolute Gasteiger partial charge is 0.477 e. The first-order valence-corrected chi connectivity index (χ1v) is 4.58. The number of hydrogen-bond donors (Lipinski definition) is 2. The molecule has 0 fully saturated rings. The fraction of sp³-hybridized carbons (Fsp3) is 0. The molecule has 0 aromatic carbocycles. The summed E-state index contributed by atoms with van der Waals surface area (Å²) in [5, 5.41) is 20.3. The van der Waals surface area contributed by atoms with Crippen LogP contribution in [0, 0.1) is 0 Å². The first-order valence-electron chi connectivity index (χ1n) is 2.82. The molecule has 0 bridgehead atoms. The highest BCUT2D eigenvalue weighted by atomic mass is 32.2. The zero-order valence-electron chi connectivity index (χ0n) is 5.68. The van der Waals surface area contributed by atoms with E-state index < -0.39 is 17.5 Å². The van der Waals surface area contributed by atoms with Gasteiger partial charge in [-0.25, -0.2) is 9.59 Å². The second-order valence-electron chi connectivity index (χ2n) is 1.78. The van der Waals surface area contributed by atoms with Crippen LogP contribution in [0.25, 0.3) is 0 Å². The zero-order chi connectivity index (χ0) is 9.14. The van der Waals surface area contributed by atoms with E-state index in [9.17, 15) is 9.59 Å². The standard InChI is InChI=1S/C6H4O4S2/c7-4(8)3(5(9)10)6-11-1-2-12-6/h1-2H,(H,7,8)(H,9,10). The third-order valence-corrected chi connectivity index (χ3v) is 3.17. The predicted molar refractivity (Wildman–Crippen MR) is 46.6 cm³/mol. The smallest absolute Gasteiger partial charge is 0.344 e. The quantitative estimate of drug-likeness (QED) is 0.401. The highest BCUT2D eigenvalue weighted by molar-refractivity contribution is 8.27. The fourth-order valence-corrected chi connectivity index (χ4v) is 2.42. The van der Waals surface area contributed by atoms with Crippen molar-refractivity contribution in [3.05, 3.63) is 20.6 Å². The molecule has 0 aliphatic carbocycles. The van der Waals surface area contributed by atoms with Crippen LogP contribution in [-0.2, 0) is 9.59 Å². The molecule has 2 N–H and O–H groups in total. The van der Waals surface area contributed by atoms with Gasteiger partial charge in [-0.15, -0.1) is 0 Å². The van der Waals surface area contributed by atoms with Crippen LogP contribution in [0.2, 0.25) is 0 Å². The number of carboxylic acid groups (broad SMARTS) is 2. The number of rotatable bonds is 2. The van der Waals surface area contributed by atoms with Crippen molar-refractivity contribution in [2.75, 3.05) is 0 Å². The van der Waals surface area contributed by atoms with Crippen LogP contribution < -0.4 is 0 Å². The monoisotopic (exact) mass is 204 g/mol. The van der Waals surface area contributed by atoms with E-state index in [-0.39, 0.29) is 0 Å². The summed E-state index contributed by atoms with van der Waals surface area (Å²) in [6.45, 7) is 0. The summed E-state index contributed by atoms with van der Waals surface area (Å²) in [5.41, 5.74) is -0.560. The van der Waals surface area contributed by atoms with E-state index in [2.05, 4.69) is 0 Å². The summed E-state index contributed by atoms with van der Waals surface area (Å²) in [4.78, 5) is 20.9. The van der Waals surface area contributed by atoms with Gasteiger partial charge in [-0.05, 0) is 10.8 Å². The first kappa shape index (κ1) is 9.21. The molecular formula is C6H4O4S2. The highest BCUT2D eigenvalue weighted by Crippen LogP contribution is 2.39. The van der Waals surface area contributed by atoms with Crippen molar-refractivity contribution >= 4 is 35.5 Å². The number of carboxylic acids is 2. The van der Waals surface area contributed by atoms with Crippen molar-refractivity contribution in [1.82, 2.24) is 0 Å². The van der Waals surface area contributed by atoms with E-state index in [1.165, 1.54) is 0 Å². The molecule has 0 aromatic heterocycles. The highest BCUT2D eigenvalue weighted by Gasteiger charge is 2.23. The molecule has 0 saturated carbocycles. The van der Waals surface area contributed by atoms with Crippen molar-refractivity contribution < 1.29 is 19.8 Å². The molecule has 0 unspecified atom stereocenters. The van der Waals surface area contributed by atoms with E-state index in [1.54, 1.807) is 10.8 Å².